The van der Waals surface area contributed by atoms with Gasteiger partial charge < -0.3 is 19.7 Å². The van der Waals surface area contributed by atoms with Crippen molar-refractivity contribution in [2.75, 3.05) is 26.7 Å². The van der Waals surface area contributed by atoms with Gasteiger partial charge in [-0.1, -0.05) is 32.0 Å². The molecule has 1 amide bonds. The summed E-state index contributed by atoms with van der Waals surface area (Å²) in [5, 5.41) is 12.4. The molecule has 2 atom stereocenters. The van der Waals surface area contributed by atoms with E-state index in [2.05, 4.69) is 5.32 Å². The van der Waals surface area contributed by atoms with Gasteiger partial charge >= 0.3 is 12.1 Å². The fourth-order valence-electron chi connectivity index (χ4n) is 6.37. The van der Waals surface area contributed by atoms with E-state index < -0.39 is 53.5 Å². The number of aryl methyl sites for hydroxylation is 3. The summed E-state index contributed by atoms with van der Waals surface area (Å²) in [7, 11) is 1.57. The van der Waals surface area contributed by atoms with Crippen LogP contribution in [0.4, 0.5) is 17.6 Å². The van der Waals surface area contributed by atoms with Gasteiger partial charge in [-0.3, -0.25) is 19.3 Å². The van der Waals surface area contributed by atoms with E-state index in [0.29, 0.717) is 24.7 Å². The number of ether oxygens (including phenoxy) is 1. The molecular formula is C36H43F4N3O5. The number of benzene rings is 2. The number of carboxylic acid groups (broad SMARTS) is 1. The van der Waals surface area contributed by atoms with Crippen molar-refractivity contribution in [3.63, 3.8) is 0 Å². The Morgan fingerprint density at radius 2 is 1.71 bits per heavy atom. The predicted molar refractivity (Wildman–Crippen MR) is 174 cm³/mol. The zero-order valence-corrected chi connectivity index (χ0v) is 28.1. The molecule has 3 aromatic rings. The smallest absolute Gasteiger partial charge is 0.416 e. The van der Waals surface area contributed by atoms with Crippen LogP contribution >= 0.6 is 0 Å². The largest absolute Gasteiger partial charge is 0.481 e. The van der Waals surface area contributed by atoms with Crippen molar-refractivity contribution >= 4 is 11.9 Å². The molecule has 260 valence electrons. The third-order valence-corrected chi connectivity index (χ3v) is 8.88. The summed E-state index contributed by atoms with van der Waals surface area (Å²) >= 11 is 0. The van der Waals surface area contributed by atoms with Crippen molar-refractivity contribution in [1.82, 2.24) is 14.8 Å². The summed E-state index contributed by atoms with van der Waals surface area (Å²) in [5.41, 5.74) is 1.30. The van der Waals surface area contributed by atoms with E-state index in [1.807, 2.05) is 36.9 Å². The maximum atomic E-state index is 15.8. The third-order valence-electron chi connectivity index (χ3n) is 8.88. The van der Waals surface area contributed by atoms with E-state index in [1.54, 1.807) is 33.9 Å². The van der Waals surface area contributed by atoms with Crippen molar-refractivity contribution in [2.24, 2.45) is 5.92 Å². The minimum absolute atomic E-state index is 0.00830. The van der Waals surface area contributed by atoms with Crippen LogP contribution in [0.2, 0.25) is 0 Å². The number of aromatic nitrogens is 1. The molecule has 2 N–H and O–H groups in total. The quantitative estimate of drug-likeness (QED) is 0.204. The molecule has 0 saturated carbocycles. The number of halogens is 4. The van der Waals surface area contributed by atoms with Gasteiger partial charge in [0.2, 0.25) is 5.91 Å². The van der Waals surface area contributed by atoms with Crippen LogP contribution in [0.3, 0.4) is 0 Å². The molecule has 0 spiro atoms. The molecule has 1 aliphatic heterocycles. The van der Waals surface area contributed by atoms with E-state index in [1.165, 1.54) is 6.07 Å². The van der Waals surface area contributed by atoms with E-state index >= 15 is 4.39 Å². The second-order valence-electron chi connectivity index (χ2n) is 13.1. The number of carboxylic acids is 1. The number of nitrogens with one attached hydrogen (secondary N) is 1. The number of carbonyl (C=O) groups is 2. The van der Waals surface area contributed by atoms with Crippen LogP contribution in [0, 0.1) is 32.5 Å². The van der Waals surface area contributed by atoms with Crippen LogP contribution in [0.15, 0.2) is 47.4 Å². The molecule has 2 aromatic carbocycles. The number of nitrogens with zero attached hydrogens (tertiary/aromatic N) is 2. The summed E-state index contributed by atoms with van der Waals surface area (Å²) in [5.74, 6) is -2.98. The van der Waals surface area contributed by atoms with Crippen LogP contribution < -0.4 is 10.9 Å². The van der Waals surface area contributed by atoms with Gasteiger partial charge in [-0.25, -0.2) is 4.39 Å². The topological polar surface area (TPSA) is 101 Å². The molecule has 0 bridgehead atoms. The first-order valence-electron chi connectivity index (χ1n) is 16.0. The lowest BCUT2D eigenvalue weighted by atomic mass is 9.90. The Morgan fingerprint density at radius 3 is 2.27 bits per heavy atom. The van der Waals surface area contributed by atoms with Crippen molar-refractivity contribution in [2.45, 2.75) is 78.2 Å². The fraction of sp³-hybridized carbons (Fsp3) is 0.472. The van der Waals surface area contributed by atoms with Crippen LogP contribution in [0.25, 0.3) is 11.1 Å². The number of aliphatic carboxylic acids is 1. The molecule has 0 radical (unpaired) electrons. The van der Waals surface area contributed by atoms with Crippen molar-refractivity contribution in [1.29, 1.82) is 0 Å². The molecule has 0 aliphatic carbocycles. The maximum Gasteiger partial charge on any atom is 0.416 e. The highest BCUT2D eigenvalue weighted by Gasteiger charge is 2.36. The zero-order chi connectivity index (χ0) is 35.5. The molecule has 1 saturated heterocycles. The van der Waals surface area contributed by atoms with Gasteiger partial charge in [0.15, 0.2) is 0 Å². The van der Waals surface area contributed by atoms with Crippen molar-refractivity contribution in [3.8, 4) is 11.1 Å². The van der Waals surface area contributed by atoms with E-state index in [-0.39, 0.29) is 48.1 Å². The monoisotopic (exact) mass is 673 g/mol. The average Bonchev–Trinajstić information content (AvgIpc) is 2.96. The van der Waals surface area contributed by atoms with Crippen LogP contribution in [0.5, 0.6) is 0 Å². The van der Waals surface area contributed by atoms with Crippen LogP contribution in [-0.2, 0) is 26.9 Å². The van der Waals surface area contributed by atoms with Crippen LogP contribution in [0.1, 0.15) is 72.2 Å². The van der Waals surface area contributed by atoms with Gasteiger partial charge in [0.1, 0.15) is 11.9 Å². The second-order valence-corrected chi connectivity index (χ2v) is 13.1. The summed E-state index contributed by atoms with van der Waals surface area (Å²) in [6.07, 6.45) is -4.34. The van der Waals surface area contributed by atoms with Gasteiger partial charge in [0, 0.05) is 44.6 Å². The number of rotatable bonds is 13. The first kappa shape index (κ1) is 36.8. The molecule has 12 heteroatoms. The number of likely N-dealkylation sites (tertiary alicyclic amines) is 1. The van der Waals surface area contributed by atoms with E-state index in [9.17, 15) is 32.7 Å². The summed E-state index contributed by atoms with van der Waals surface area (Å²) in [4.78, 5) is 41.2. The molecule has 8 nitrogen and oxygen atoms in total. The first-order chi connectivity index (χ1) is 22.5. The SMILES string of the molecule is COC1CN(CCc2cn(C(CC(C)C)C(=O)N[C@@H](CC(=O)O)c3cc(-c4c(C)cccc4C)cc(C)c3F)c(=O)cc2C(F)(F)F)C1. The molecule has 1 aromatic heterocycles. The lowest BCUT2D eigenvalue weighted by molar-refractivity contribution is -0.139. The lowest BCUT2D eigenvalue weighted by Gasteiger charge is -2.38. The number of amides is 1. The minimum Gasteiger partial charge on any atom is -0.481 e. The van der Waals surface area contributed by atoms with Gasteiger partial charge in [0.05, 0.1) is 24.1 Å². The molecular weight excluding hydrogens is 630 g/mol. The number of alkyl halides is 3. The number of pyridine rings is 1. The van der Waals surface area contributed by atoms with Crippen molar-refractivity contribution in [3.05, 3.63) is 92.1 Å². The Kier molecular flexibility index (Phi) is 11.5. The summed E-state index contributed by atoms with van der Waals surface area (Å²) in [6.45, 7) is 10.4. The highest BCUT2D eigenvalue weighted by atomic mass is 19.4. The number of carbonyl (C=O) groups excluding carboxylic acids is 1. The lowest BCUT2D eigenvalue weighted by Crippen LogP contribution is -2.52. The third kappa shape index (κ3) is 8.51. The average molecular weight is 674 g/mol. The van der Waals surface area contributed by atoms with Gasteiger partial charge in [-0.2, -0.15) is 13.2 Å². The first-order valence-corrected chi connectivity index (χ1v) is 16.0. The Morgan fingerprint density at radius 1 is 1.06 bits per heavy atom. The van der Waals surface area contributed by atoms with E-state index in [0.717, 1.165) is 27.5 Å². The predicted octanol–water partition coefficient (Wildman–Crippen LogP) is 6.39. The zero-order valence-electron chi connectivity index (χ0n) is 28.1. The van der Waals surface area contributed by atoms with Crippen molar-refractivity contribution < 1.29 is 37.0 Å². The Bertz CT molecular complexity index is 1690. The summed E-state index contributed by atoms with van der Waals surface area (Å²) in [6, 6.07) is 6.77. The number of hydrogen-bond acceptors (Lipinski definition) is 5. The number of hydrogen-bond donors (Lipinski definition) is 2. The molecule has 1 fully saturated rings. The molecule has 1 aliphatic rings. The molecule has 1 unspecified atom stereocenters. The molecule has 2 heterocycles. The van der Waals surface area contributed by atoms with Gasteiger partial charge in [-0.15, -0.1) is 0 Å². The molecule has 4 rings (SSSR count). The Balaban J connectivity index is 1.74. The normalized spacial score (nSPS) is 15.3. The Hall–Kier alpha value is -4.03. The van der Waals surface area contributed by atoms with Gasteiger partial charge in [0.25, 0.3) is 5.56 Å². The standard InChI is InChI=1S/C36H43F4N3O5/c1-20(2)12-30(43-17-24(10-11-42-18-26(19-42)48-6)28(15-31(43)44)36(38,39)40)35(47)41-29(16-32(45)46)27-14-25(13-23(5)34(27)37)33-21(3)8-7-9-22(33)4/h7-9,13-15,17,20,26,29-30H,10-12,16,18-19H2,1-6H3,(H,41,47)(H,45,46)/t29-,30?/m0/s1. The molecule has 48 heavy (non-hydrogen) atoms. The highest BCUT2D eigenvalue weighted by Crippen LogP contribution is 2.35. The van der Waals surface area contributed by atoms with Crippen LogP contribution in [-0.4, -0.2) is 59.3 Å². The Labute approximate surface area is 277 Å². The second kappa shape index (κ2) is 15.0. The minimum atomic E-state index is -4.80. The van der Waals surface area contributed by atoms with Gasteiger partial charge in [-0.05, 0) is 85.0 Å². The van der Waals surface area contributed by atoms with E-state index in [4.69, 9.17) is 4.74 Å². The summed E-state index contributed by atoms with van der Waals surface area (Å²) < 4.78 is 64.2. The highest BCUT2D eigenvalue weighted by molar-refractivity contribution is 5.82. The maximum absolute atomic E-state index is 15.8. The fourth-order valence-corrected chi connectivity index (χ4v) is 6.37. The number of methoxy groups -OCH3 is 1.